The number of carbonyl (C=O) groups excluding carboxylic acids is 2. The van der Waals surface area contributed by atoms with E-state index in [0.29, 0.717) is 15.4 Å². The van der Waals surface area contributed by atoms with E-state index >= 15 is 0 Å². The molecule has 2 aromatic rings. The third-order valence-electron chi connectivity index (χ3n) is 2.93. The normalized spacial score (nSPS) is 10.2. The van der Waals surface area contributed by atoms with Crippen molar-refractivity contribution in [2.45, 2.75) is 16.7 Å². The Morgan fingerprint density at radius 1 is 1.05 bits per heavy atom. The monoisotopic (exact) mass is 300 g/mol. The van der Waals surface area contributed by atoms with E-state index in [0.717, 1.165) is 5.56 Å². The third-order valence-corrected chi connectivity index (χ3v) is 4.09. The van der Waals surface area contributed by atoms with Gasteiger partial charge in [-0.05, 0) is 31.2 Å². The average molecular weight is 300 g/mol. The zero-order valence-electron chi connectivity index (χ0n) is 11.7. The highest BCUT2D eigenvalue weighted by molar-refractivity contribution is 7.99. The molecule has 0 saturated heterocycles. The molecule has 0 unspecified atom stereocenters. The summed E-state index contributed by atoms with van der Waals surface area (Å²) in [6.07, 6.45) is 0. The van der Waals surface area contributed by atoms with Gasteiger partial charge in [0.2, 0.25) is 0 Å². The first-order chi connectivity index (χ1) is 10.0. The van der Waals surface area contributed by atoms with Crippen LogP contribution >= 0.6 is 11.8 Å². The predicted molar refractivity (Wildman–Crippen MR) is 79.5 cm³/mol. The number of carbonyl (C=O) groups is 2. The molecule has 21 heavy (non-hydrogen) atoms. The summed E-state index contributed by atoms with van der Waals surface area (Å²) in [7, 11) is 1.56. The number of carboxylic acids is 1. The highest BCUT2D eigenvalue weighted by Gasteiger charge is 2.12. The van der Waals surface area contributed by atoms with Crippen molar-refractivity contribution in [2.75, 3.05) is 7.05 Å². The summed E-state index contributed by atoms with van der Waals surface area (Å²) in [5.74, 6) is -1.43. The maximum atomic E-state index is 11.8. The zero-order valence-corrected chi connectivity index (χ0v) is 12.5. The fraction of sp³-hybridized carbons (Fsp3) is 0.125. The SMILES string of the molecule is CNC(=O)c1ccccc1Sc1ccc(C)cc1C(=O)[O-]. The molecule has 0 aromatic heterocycles. The van der Waals surface area contributed by atoms with Crippen LogP contribution in [-0.4, -0.2) is 18.9 Å². The Bertz CT molecular complexity index is 698. The van der Waals surface area contributed by atoms with Crippen molar-refractivity contribution in [3.8, 4) is 0 Å². The molecule has 5 heteroatoms. The zero-order chi connectivity index (χ0) is 15.4. The van der Waals surface area contributed by atoms with Crippen molar-refractivity contribution in [3.63, 3.8) is 0 Å². The molecular formula is C16H14NO3S-. The van der Waals surface area contributed by atoms with Crippen molar-refractivity contribution >= 4 is 23.6 Å². The van der Waals surface area contributed by atoms with Gasteiger partial charge < -0.3 is 15.2 Å². The van der Waals surface area contributed by atoms with Gasteiger partial charge in [0.1, 0.15) is 0 Å². The van der Waals surface area contributed by atoms with Crippen LogP contribution in [0.5, 0.6) is 0 Å². The lowest BCUT2D eigenvalue weighted by atomic mass is 10.1. The van der Waals surface area contributed by atoms with Crippen LogP contribution in [0, 0.1) is 6.92 Å². The van der Waals surface area contributed by atoms with E-state index in [1.807, 2.05) is 19.1 Å². The number of aromatic carboxylic acids is 1. The lowest BCUT2D eigenvalue weighted by molar-refractivity contribution is -0.255. The van der Waals surface area contributed by atoms with E-state index in [4.69, 9.17) is 0 Å². The lowest BCUT2D eigenvalue weighted by Gasteiger charge is -2.13. The molecule has 2 rings (SSSR count). The number of carboxylic acid groups (broad SMARTS) is 1. The number of hydrogen-bond donors (Lipinski definition) is 1. The molecule has 1 N–H and O–H groups in total. The smallest absolute Gasteiger partial charge is 0.252 e. The van der Waals surface area contributed by atoms with Crippen LogP contribution in [0.1, 0.15) is 26.3 Å². The fourth-order valence-electron chi connectivity index (χ4n) is 1.89. The highest BCUT2D eigenvalue weighted by Crippen LogP contribution is 2.33. The largest absolute Gasteiger partial charge is 0.545 e. The summed E-state index contributed by atoms with van der Waals surface area (Å²) >= 11 is 1.24. The molecule has 108 valence electrons. The quantitative estimate of drug-likeness (QED) is 0.936. The summed E-state index contributed by atoms with van der Waals surface area (Å²) in [5.41, 5.74) is 1.49. The molecule has 0 aliphatic carbocycles. The summed E-state index contributed by atoms with van der Waals surface area (Å²) in [4.78, 5) is 24.3. The molecule has 0 fully saturated rings. The maximum absolute atomic E-state index is 11.8. The van der Waals surface area contributed by atoms with Gasteiger partial charge in [-0.2, -0.15) is 0 Å². The van der Waals surface area contributed by atoms with Crippen LogP contribution < -0.4 is 10.4 Å². The van der Waals surface area contributed by atoms with Gasteiger partial charge in [0.15, 0.2) is 0 Å². The minimum absolute atomic E-state index is 0.131. The van der Waals surface area contributed by atoms with Crippen LogP contribution in [0.3, 0.4) is 0 Å². The molecule has 0 spiro atoms. The van der Waals surface area contributed by atoms with E-state index in [9.17, 15) is 14.7 Å². The van der Waals surface area contributed by atoms with E-state index in [-0.39, 0.29) is 11.5 Å². The molecule has 1 amide bonds. The van der Waals surface area contributed by atoms with Crippen LogP contribution in [0.15, 0.2) is 52.3 Å². The molecule has 0 bridgehead atoms. The molecule has 0 aliphatic heterocycles. The van der Waals surface area contributed by atoms with Crippen LogP contribution in [0.25, 0.3) is 0 Å². The second-order valence-corrected chi connectivity index (χ2v) is 5.55. The second kappa shape index (κ2) is 6.45. The Balaban J connectivity index is 2.44. The molecule has 0 atom stereocenters. The first-order valence-corrected chi connectivity index (χ1v) is 7.15. The fourth-order valence-corrected chi connectivity index (χ4v) is 2.93. The van der Waals surface area contributed by atoms with Gasteiger partial charge >= 0.3 is 0 Å². The third kappa shape index (κ3) is 3.44. The summed E-state index contributed by atoms with van der Waals surface area (Å²) in [6, 6.07) is 12.2. The first kappa shape index (κ1) is 15.1. The molecule has 4 nitrogen and oxygen atoms in total. The van der Waals surface area contributed by atoms with Gasteiger partial charge in [0.25, 0.3) is 5.91 Å². The number of benzene rings is 2. The summed E-state index contributed by atoms with van der Waals surface area (Å²) < 4.78 is 0. The maximum Gasteiger partial charge on any atom is 0.252 e. The molecule has 0 aliphatic rings. The van der Waals surface area contributed by atoms with Gasteiger partial charge in [-0.3, -0.25) is 4.79 Å². The molecule has 0 heterocycles. The average Bonchev–Trinajstić information content (AvgIpc) is 2.48. The van der Waals surface area contributed by atoms with Crippen molar-refractivity contribution in [1.82, 2.24) is 5.32 Å². The summed E-state index contributed by atoms with van der Waals surface area (Å²) in [6.45, 7) is 1.82. The van der Waals surface area contributed by atoms with Gasteiger partial charge in [-0.25, -0.2) is 0 Å². The Kier molecular flexibility index (Phi) is 4.65. The Morgan fingerprint density at radius 3 is 2.38 bits per heavy atom. The number of rotatable bonds is 4. The number of aryl methyl sites for hydroxylation is 1. The number of nitrogens with one attached hydrogen (secondary N) is 1. The molecule has 2 aromatic carbocycles. The van der Waals surface area contributed by atoms with Crippen LogP contribution in [-0.2, 0) is 0 Å². The Labute approximate surface area is 127 Å². The van der Waals surface area contributed by atoms with Crippen LogP contribution in [0.4, 0.5) is 0 Å². The topological polar surface area (TPSA) is 69.2 Å². The first-order valence-electron chi connectivity index (χ1n) is 6.34. The standard InChI is InChI=1S/C16H15NO3S/c1-10-7-8-14(12(9-10)16(19)20)21-13-6-4-3-5-11(13)15(18)17-2/h3-9H,1-2H3,(H,17,18)(H,19,20)/p-1. The van der Waals surface area contributed by atoms with Gasteiger partial charge in [0, 0.05) is 22.4 Å². The van der Waals surface area contributed by atoms with E-state index in [1.165, 1.54) is 11.8 Å². The molecule has 0 saturated carbocycles. The van der Waals surface area contributed by atoms with Crippen molar-refractivity contribution in [3.05, 3.63) is 59.2 Å². The Morgan fingerprint density at radius 2 is 1.71 bits per heavy atom. The number of hydrogen-bond acceptors (Lipinski definition) is 4. The van der Waals surface area contributed by atoms with E-state index in [2.05, 4.69) is 5.32 Å². The van der Waals surface area contributed by atoms with Gasteiger partial charge in [0.05, 0.1) is 11.5 Å². The predicted octanol–water partition coefficient (Wildman–Crippen LogP) is 1.87. The number of amides is 1. The lowest BCUT2D eigenvalue weighted by Crippen LogP contribution is -2.23. The van der Waals surface area contributed by atoms with Gasteiger partial charge in [-0.15, -0.1) is 0 Å². The van der Waals surface area contributed by atoms with Crippen LogP contribution in [0.2, 0.25) is 0 Å². The van der Waals surface area contributed by atoms with E-state index < -0.39 is 5.97 Å². The minimum Gasteiger partial charge on any atom is -0.545 e. The van der Waals surface area contributed by atoms with Crippen molar-refractivity contribution in [2.24, 2.45) is 0 Å². The minimum atomic E-state index is -1.22. The second-order valence-electron chi connectivity index (χ2n) is 4.46. The highest BCUT2D eigenvalue weighted by atomic mass is 32.2. The Hall–Kier alpha value is -2.27. The summed E-state index contributed by atoms with van der Waals surface area (Å²) in [5, 5.41) is 13.8. The van der Waals surface area contributed by atoms with Crippen molar-refractivity contribution in [1.29, 1.82) is 0 Å². The van der Waals surface area contributed by atoms with Gasteiger partial charge in [-0.1, -0.05) is 35.5 Å². The molecular weight excluding hydrogens is 286 g/mol. The van der Waals surface area contributed by atoms with E-state index in [1.54, 1.807) is 37.4 Å². The van der Waals surface area contributed by atoms with Crippen molar-refractivity contribution < 1.29 is 14.7 Å². The molecule has 0 radical (unpaired) electrons.